The lowest BCUT2D eigenvalue weighted by Crippen LogP contribution is -2.42. The average molecular weight is 358 g/mol. The summed E-state index contributed by atoms with van der Waals surface area (Å²) in [5.41, 5.74) is 4.48. The summed E-state index contributed by atoms with van der Waals surface area (Å²) < 4.78 is 0. The van der Waals surface area contributed by atoms with Crippen molar-refractivity contribution >= 4 is 29.3 Å². The number of carbonyl (C=O) groups is 2. The maximum atomic E-state index is 12.3. The lowest BCUT2D eigenvalue weighted by molar-refractivity contribution is -0.131. The quantitative estimate of drug-likeness (QED) is 0.635. The van der Waals surface area contributed by atoms with E-state index in [9.17, 15) is 14.5 Å². The monoisotopic (exact) mass is 358 g/mol. The SMILES string of the molecule is Cc1ncsc1-c1ccc(CNC(=O)C2CCCN2C=O)c(N=O)c1. The van der Waals surface area contributed by atoms with Crippen molar-refractivity contribution in [1.29, 1.82) is 0 Å². The summed E-state index contributed by atoms with van der Waals surface area (Å²) in [5, 5.41) is 5.89. The Labute approximate surface area is 149 Å². The third-order valence-corrected chi connectivity index (χ3v) is 5.35. The molecule has 0 radical (unpaired) electrons. The molecule has 1 aliphatic rings. The highest BCUT2D eigenvalue weighted by Gasteiger charge is 2.29. The van der Waals surface area contributed by atoms with Gasteiger partial charge in [0.1, 0.15) is 11.7 Å². The molecule has 130 valence electrons. The minimum Gasteiger partial charge on any atom is -0.350 e. The lowest BCUT2D eigenvalue weighted by Gasteiger charge is -2.19. The Hall–Kier alpha value is -2.61. The molecule has 1 N–H and O–H groups in total. The van der Waals surface area contributed by atoms with Gasteiger partial charge in [-0.2, -0.15) is 0 Å². The summed E-state index contributed by atoms with van der Waals surface area (Å²) in [6, 6.07) is 4.97. The van der Waals surface area contributed by atoms with Crippen LogP contribution in [-0.2, 0) is 16.1 Å². The number of hydrogen-bond acceptors (Lipinski definition) is 6. The van der Waals surface area contributed by atoms with E-state index in [1.807, 2.05) is 13.0 Å². The van der Waals surface area contributed by atoms with Crippen LogP contribution in [0.3, 0.4) is 0 Å². The van der Waals surface area contributed by atoms with Gasteiger partial charge in [-0.25, -0.2) is 4.98 Å². The molecule has 1 atom stereocenters. The number of carbonyl (C=O) groups excluding carboxylic acids is 2. The van der Waals surface area contributed by atoms with Crippen LogP contribution in [0.5, 0.6) is 0 Å². The fraction of sp³-hybridized carbons (Fsp3) is 0.353. The molecule has 1 fully saturated rings. The molecule has 0 spiro atoms. The second-order valence-electron chi connectivity index (χ2n) is 5.92. The Kier molecular flexibility index (Phi) is 5.18. The van der Waals surface area contributed by atoms with Gasteiger partial charge in [-0.05, 0) is 36.6 Å². The number of aromatic nitrogens is 1. The van der Waals surface area contributed by atoms with Crippen molar-refractivity contribution in [3.63, 3.8) is 0 Å². The predicted molar refractivity (Wildman–Crippen MR) is 95.4 cm³/mol. The van der Waals surface area contributed by atoms with E-state index in [2.05, 4.69) is 15.5 Å². The van der Waals surface area contributed by atoms with Gasteiger partial charge in [0, 0.05) is 18.7 Å². The number of hydrogen-bond donors (Lipinski definition) is 1. The zero-order chi connectivity index (χ0) is 17.8. The first-order valence-corrected chi connectivity index (χ1v) is 8.87. The van der Waals surface area contributed by atoms with Crippen LogP contribution in [0.15, 0.2) is 28.9 Å². The van der Waals surface area contributed by atoms with E-state index in [0.29, 0.717) is 30.6 Å². The molecule has 1 saturated heterocycles. The molecular formula is C17H18N4O3S. The van der Waals surface area contributed by atoms with Gasteiger partial charge >= 0.3 is 0 Å². The smallest absolute Gasteiger partial charge is 0.243 e. The van der Waals surface area contributed by atoms with Gasteiger partial charge in [-0.15, -0.1) is 16.2 Å². The first-order valence-electron chi connectivity index (χ1n) is 7.99. The number of amides is 2. The Bertz CT molecular complexity index is 805. The van der Waals surface area contributed by atoms with Crippen LogP contribution in [0.25, 0.3) is 10.4 Å². The normalized spacial score (nSPS) is 16.7. The molecule has 0 saturated carbocycles. The van der Waals surface area contributed by atoms with Gasteiger partial charge < -0.3 is 10.2 Å². The van der Waals surface area contributed by atoms with E-state index in [4.69, 9.17) is 0 Å². The van der Waals surface area contributed by atoms with Crippen LogP contribution >= 0.6 is 11.3 Å². The standard InChI is InChI=1S/C17H18N4O3S/c1-11-16(25-9-19-11)12-4-5-13(14(7-12)20-24)8-18-17(23)15-3-2-6-21(15)10-22/h4-5,7,9-10,15H,2-3,6,8H2,1H3,(H,18,23). The van der Waals surface area contributed by atoms with Crippen molar-refractivity contribution in [3.8, 4) is 10.4 Å². The van der Waals surface area contributed by atoms with Crippen molar-refractivity contribution in [2.45, 2.75) is 32.4 Å². The number of thiazole rings is 1. The maximum absolute atomic E-state index is 12.3. The average Bonchev–Trinajstić information content (AvgIpc) is 3.28. The Morgan fingerprint density at radius 2 is 2.36 bits per heavy atom. The number of likely N-dealkylation sites (tertiary alicyclic amines) is 1. The lowest BCUT2D eigenvalue weighted by atomic mass is 10.1. The molecule has 1 aliphatic heterocycles. The molecule has 7 nitrogen and oxygen atoms in total. The van der Waals surface area contributed by atoms with E-state index in [1.54, 1.807) is 17.6 Å². The van der Waals surface area contributed by atoms with Crippen LogP contribution in [0.4, 0.5) is 5.69 Å². The van der Waals surface area contributed by atoms with E-state index in [-0.39, 0.29) is 12.5 Å². The fourth-order valence-corrected chi connectivity index (χ4v) is 3.82. The van der Waals surface area contributed by atoms with Gasteiger partial charge in [-0.3, -0.25) is 9.59 Å². The van der Waals surface area contributed by atoms with Crippen molar-refractivity contribution in [2.75, 3.05) is 6.54 Å². The summed E-state index contributed by atoms with van der Waals surface area (Å²) >= 11 is 1.50. The highest BCUT2D eigenvalue weighted by molar-refractivity contribution is 7.13. The van der Waals surface area contributed by atoms with Crippen molar-refractivity contribution in [2.24, 2.45) is 5.18 Å². The Balaban J connectivity index is 1.72. The molecule has 1 aromatic carbocycles. The maximum Gasteiger partial charge on any atom is 0.243 e. The molecule has 2 amide bonds. The van der Waals surface area contributed by atoms with E-state index in [1.165, 1.54) is 16.2 Å². The number of nitroso groups, excluding NO2 is 1. The van der Waals surface area contributed by atoms with Crippen LogP contribution in [-0.4, -0.2) is 34.8 Å². The molecule has 1 aromatic heterocycles. The fourth-order valence-electron chi connectivity index (χ4n) is 3.02. The first-order chi connectivity index (χ1) is 12.1. The van der Waals surface area contributed by atoms with Gasteiger partial charge in [0.05, 0.1) is 16.1 Å². The van der Waals surface area contributed by atoms with Gasteiger partial charge in [0.15, 0.2) is 0 Å². The minimum atomic E-state index is -0.427. The third-order valence-electron chi connectivity index (χ3n) is 4.38. The molecule has 2 aromatic rings. The summed E-state index contributed by atoms with van der Waals surface area (Å²) in [4.78, 5) is 41.1. The van der Waals surface area contributed by atoms with E-state index < -0.39 is 6.04 Å². The van der Waals surface area contributed by atoms with Gasteiger partial charge in [0.2, 0.25) is 12.3 Å². The van der Waals surface area contributed by atoms with Crippen LogP contribution in [0.2, 0.25) is 0 Å². The summed E-state index contributed by atoms with van der Waals surface area (Å²) in [6.45, 7) is 2.71. The number of nitrogens with zero attached hydrogens (tertiary/aromatic N) is 3. The number of nitrogens with one attached hydrogen (secondary N) is 1. The largest absolute Gasteiger partial charge is 0.350 e. The van der Waals surface area contributed by atoms with Crippen molar-refractivity contribution < 1.29 is 9.59 Å². The molecular weight excluding hydrogens is 340 g/mol. The molecule has 3 rings (SSSR count). The topological polar surface area (TPSA) is 91.7 Å². The number of rotatable bonds is 6. The summed E-state index contributed by atoms with van der Waals surface area (Å²) in [5.74, 6) is -0.205. The van der Waals surface area contributed by atoms with E-state index in [0.717, 1.165) is 22.6 Å². The van der Waals surface area contributed by atoms with Crippen molar-refractivity contribution in [3.05, 3.63) is 39.9 Å². The molecule has 25 heavy (non-hydrogen) atoms. The van der Waals surface area contributed by atoms with Crippen LogP contribution in [0, 0.1) is 11.8 Å². The van der Waals surface area contributed by atoms with E-state index >= 15 is 0 Å². The van der Waals surface area contributed by atoms with Crippen LogP contribution < -0.4 is 5.32 Å². The predicted octanol–water partition coefficient (Wildman–Crippen LogP) is 2.75. The number of aryl methyl sites for hydroxylation is 1. The van der Waals surface area contributed by atoms with Crippen LogP contribution in [0.1, 0.15) is 24.1 Å². The molecule has 0 bridgehead atoms. The zero-order valence-corrected chi connectivity index (χ0v) is 14.6. The van der Waals surface area contributed by atoms with Crippen molar-refractivity contribution in [1.82, 2.24) is 15.2 Å². The molecule has 2 heterocycles. The zero-order valence-electron chi connectivity index (χ0n) is 13.8. The molecule has 0 aliphatic carbocycles. The van der Waals surface area contributed by atoms with Gasteiger partial charge in [-0.1, -0.05) is 12.1 Å². The van der Waals surface area contributed by atoms with Gasteiger partial charge in [0.25, 0.3) is 0 Å². The summed E-state index contributed by atoms with van der Waals surface area (Å²) in [6.07, 6.45) is 2.19. The molecule has 1 unspecified atom stereocenters. The Morgan fingerprint density at radius 3 is 3.04 bits per heavy atom. The number of benzene rings is 1. The summed E-state index contributed by atoms with van der Waals surface area (Å²) in [7, 11) is 0. The second kappa shape index (κ2) is 7.52. The first kappa shape index (κ1) is 17.2. The second-order valence-corrected chi connectivity index (χ2v) is 6.78. The Morgan fingerprint density at radius 1 is 1.52 bits per heavy atom. The minimum absolute atomic E-state index is 0.199. The molecule has 8 heteroatoms. The third kappa shape index (κ3) is 3.58. The highest BCUT2D eigenvalue weighted by Crippen LogP contribution is 2.32. The highest BCUT2D eigenvalue weighted by atomic mass is 32.1.